The molecule has 2 heterocycles. The summed E-state index contributed by atoms with van der Waals surface area (Å²) < 4.78 is 10.8. The molecule has 0 aliphatic carbocycles. The summed E-state index contributed by atoms with van der Waals surface area (Å²) in [4.78, 5) is 32.7. The molecule has 4 rings (SSSR count). The SMILES string of the molecule is COc1ccc([C@H]2[C@@H](C(=O)NCCc3ccccn3)c3ccccc3C(=O)N2C)cc1OC. The van der Waals surface area contributed by atoms with Gasteiger partial charge < -0.3 is 19.7 Å². The standard InChI is InChI=1S/C26H27N3O4/c1-29-24(17-11-12-21(32-2)22(16-17)33-3)23(19-9-4-5-10-20(19)26(29)31)25(30)28-15-13-18-8-6-7-14-27-18/h4-12,14,16,23-24H,13,15H2,1-3H3,(H,28,30)/t23-,24-/m0/s1. The van der Waals surface area contributed by atoms with Crippen LogP contribution in [0.1, 0.15) is 39.1 Å². The molecule has 1 N–H and O–H groups in total. The third-order valence-electron chi connectivity index (χ3n) is 6.02. The zero-order chi connectivity index (χ0) is 23.4. The molecule has 2 aromatic carbocycles. The molecular formula is C26H27N3O4. The van der Waals surface area contributed by atoms with E-state index in [0.717, 1.165) is 16.8 Å². The van der Waals surface area contributed by atoms with Crippen LogP contribution >= 0.6 is 0 Å². The van der Waals surface area contributed by atoms with Crippen molar-refractivity contribution in [1.82, 2.24) is 15.2 Å². The molecule has 1 aliphatic rings. The lowest BCUT2D eigenvalue weighted by Crippen LogP contribution is -2.46. The number of nitrogens with zero attached hydrogens (tertiary/aromatic N) is 2. The monoisotopic (exact) mass is 445 g/mol. The zero-order valence-corrected chi connectivity index (χ0v) is 18.9. The highest BCUT2D eigenvalue weighted by atomic mass is 16.5. The predicted molar refractivity (Wildman–Crippen MR) is 125 cm³/mol. The molecule has 1 aromatic heterocycles. The zero-order valence-electron chi connectivity index (χ0n) is 18.9. The van der Waals surface area contributed by atoms with Gasteiger partial charge in [0.25, 0.3) is 5.91 Å². The van der Waals surface area contributed by atoms with Crippen molar-refractivity contribution in [3.63, 3.8) is 0 Å². The summed E-state index contributed by atoms with van der Waals surface area (Å²) in [5, 5.41) is 3.06. The van der Waals surface area contributed by atoms with Gasteiger partial charge >= 0.3 is 0 Å². The van der Waals surface area contributed by atoms with Gasteiger partial charge in [0.1, 0.15) is 0 Å². The average molecular weight is 446 g/mol. The summed E-state index contributed by atoms with van der Waals surface area (Å²) in [6.45, 7) is 0.449. The van der Waals surface area contributed by atoms with Crippen LogP contribution in [0.5, 0.6) is 11.5 Å². The number of benzene rings is 2. The van der Waals surface area contributed by atoms with Crippen molar-refractivity contribution >= 4 is 11.8 Å². The molecule has 0 unspecified atom stereocenters. The van der Waals surface area contributed by atoms with E-state index in [1.165, 1.54) is 0 Å². The van der Waals surface area contributed by atoms with E-state index in [2.05, 4.69) is 10.3 Å². The lowest BCUT2D eigenvalue weighted by Gasteiger charge is -2.40. The lowest BCUT2D eigenvalue weighted by atomic mass is 9.79. The van der Waals surface area contributed by atoms with Gasteiger partial charge in [-0.2, -0.15) is 0 Å². The van der Waals surface area contributed by atoms with E-state index >= 15 is 0 Å². The number of aromatic nitrogens is 1. The average Bonchev–Trinajstić information content (AvgIpc) is 2.86. The Morgan fingerprint density at radius 1 is 1.03 bits per heavy atom. The van der Waals surface area contributed by atoms with Gasteiger partial charge in [0.2, 0.25) is 5.91 Å². The molecular weight excluding hydrogens is 418 g/mol. The molecule has 0 fully saturated rings. The van der Waals surface area contributed by atoms with Gasteiger partial charge in [0.05, 0.1) is 26.2 Å². The second-order valence-electron chi connectivity index (χ2n) is 7.90. The van der Waals surface area contributed by atoms with Crippen molar-refractivity contribution in [2.45, 2.75) is 18.4 Å². The van der Waals surface area contributed by atoms with E-state index in [1.807, 2.05) is 48.5 Å². The normalized spacial score (nSPS) is 17.3. The van der Waals surface area contributed by atoms with Crippen molar-refractivity contribution in [1.29, 1.82) is 0 Å². The number of nitrogens with one attached hydrogen (secondary N) is 1. The fourth-order valence-corrected chi connectivity index (χ4v) is 4.38. The van der Waals surface area contributed by atoms with Gasteiger partial charge in [-0.05, 0) is 41.5 Å². The van der Waals surface area contributed by atoms with Gasteiger partial charge in [-0.1, -0.05) is 30.3 Å². The second-order valence-corrected chi connectivity index (χ2v) is 7.90. The summed E-state index contributed by atoms with van der Waals surface area (Å²) >= 11 is 0. The van der Waals surface area contributed by atoms with Gasteiger partial charge in [-0.3, -0.25) is 14.6 Å². The van der Waals surface area contributed by atoms with Crippen LogP contribution in [-0.2, 0) is 11.2 Å². The fourth-order valence-electron chi connectivity index (χ4n) is 4.38. The quantitative estimate of drug-likeness (QED) is 0.603. The Kier molecular flexibility index (Phi) is 6.58. The molecule has 3 aromatic rings. The van der Waals surface area contributed by atoms with Crippen LogP contribution in [0.25, 0.3) is 0 Å². The molecule has 0 radical (unpaired) electrons. The Balaban J connectivity index is 1.69. The Morgan fingerprint density at radius 3 is 2.52 bits per heavy atom. The maximum atomic E-state index is 13.5. The summed E-state index contributed by atoms with van der Waals surface area (Å²) in [6.07, 6.45) is 2.36. The highest BCUT2D eigenvalue weighted by Crippen LogP contribution is 2.43. The number of amides is 2. The molecule has 33 heavy (non-hydrogen) atoms. The molecule has 7 heteroatoms. The summed E-state index contributed by atoms with van der Waals surface area (Å²) in [5.41, 5.74) is 2.96. The smallest absolute Gasteiger partial charge is 0.254 e. The topological polar surface area (TPSA) is 80.8 Å². The molecule has 0 bridgehead atoms. The third kappa shape index (κ3) is 4.39. The number of hydrogen-bond donors (Lipinski definition) is 1. The van der Waals surface area contributed by atoms with Crippen molar-refractivity contribution in [3.8, 4) is 11.5 Å². The number of likely N-dealkylation sites (N-methyl/N-ethyl adjacent to an activating group) is 1. The summed E-state index contributed by atoms with van der Waals surface area (Å²) in [6, 6.07) is 18.0. The number of ether oxygens (including phenoxy) is 2. The first-order chi connectivity index (χ1) is 16.0. The van der Waals surface area contributed by atoms with Gasteiger partial charge in [0.15, 0.2) is 11.5 Å². The number of pyridine rings is 1. The molecule has 1 aliphatic heterocycles. The Hall–Kier alpha value is -3.87. The van der Waals surface area contributed by atoms with E-state index in [0.29, 0.717) is 30.0 Å². The molecule has 0 saturated carbocycles. The van der Waals surface area contributed by atoms with Crippen LogP contribution in [0.15, 0.2) is 66.9 Å². The van der Waals surface area contributed by atoms with Crippen molar-refractivity contribution < 1.29 is 19.1 Å². The largest absolute Gasteiger partial charge is 0.493 e. The van der Waals surface area contributed by atoms with Gasteiger partial charge in [-0.15, -0.1) is 0 Å². The van der Waals surface area contributed by atoms with E-state index in [9.17, 15) is 9.59 Å². The molecule has 2 amide bonds. The first-order valence-electron chi connectivity index (χ1n) is 10.8. The lowest BCUT2D eigenvalue weighted by molar-refractivity contribution is -0.124. The first-order valence-corrected chi connectivity index (χ1v) is 10.8. The fraction of sp³-hybridized carbons (Fsp3) is 0.269. The minimum Gasteiger partial charge on any atom is -0.493 e. The van der Waals surface area contributed by atoms with Crippen molar-refractivity contribution in [2.75, 3.05) is 27.8 Å². The van der Waals surface area contributed by atoms with E-state index < -0.39 is 12.0 Å². The first kappa shape index (κ1) is 22.3. The number of methoxy groups -OCH3 is 2. The van der Waals surface area contributed by atoms with E-state index in [1.54, 1.807) is 44.5 Å². The van der Waals surface area contributed by atoms with Crippen molar-refractivity contribution in [2.24, 2.45) is 0 Å². The van der Waals surface area contributed by atoms with E-state index in [-0.39, 0.29) is 11.8 Å². The van der Waals surface area contributed by atoms with Crippen LogP contribution in [0.3, 0.4) is 0 Å². The number of hydrogen-bond acceptors (Lipinski definition) is 5. The maximum absolute atomic E-state index is 13.5. The number of fused-ring (bicyclic) bond motifs is 1. The summed E-state index contributed by atoms with van der Waals surface area (Å²) in [7, 11) is 4.87. The van der Waals surface area contributed by atoms with Crippen molar-refractivity contribution in [3.05, 3.63) is 89.2 Å². The van der Waals surface area contributed by atoms with Crippen LogP contribution in [0, 0.1) is 0 Å². The van der Waals surface area contributed by atoms with Gasteiger partial charge in [-0.25, -0.2) is 0 Å². The van der Waals surface area contributed by atoms with Crippen LogP contribution < -0.4 is 14.8 Å². The Labute approximate surface area is 193 Å². The Morgan fingerprint density at radius 2 is 1.79 bits per heavy atom. The maximum Gasteiger partial charge on any atom is 0.254 e. The Bertz CT molecular complexity index is 1150. The molecule has 2 atom stereocenters. The van der Waals surface area contributed by atoms with Gasteiger partial charge in [0, 0.05) is 37.5 Å². The van der Waals surface area contributed by atoms with E-state index in [4.69, 9.17) is 9.47 Å². The molecule has 7 nitrogen and oxygen atoms in total. The van der Waals surface area contributed by atoms with Crippen LogP contribution in [0.2, 0.25) is 0 Å². The molecule has 0 spiro atoms. The van der Waals surface area contributed by atoms with Crippen LogP contribution in [-0.4, -0.2) is 49.5 Å². The third-order valence-corrected chi connectivity index (χ3v) is 6.02. The highest BCUT2D eigenvalue weighted by molar-refractivity contribution is 6.01. The summed E-state index contributed by atoms with van der Waals surface area (Å²) in [5.74, 6) is 0.290. The minimum absolute atomic E-state index is 0.122. The number of carbonyl (C=O) groups excluding carboxylic acids is 2. The van der Waals surface area contributed by atoms with Crippen LogP contribution in [0.4, 0.5) is 0 Å². The predicted octanol–water partition coefficient (Wildman–Crippen LogP) is 3.37. The minimum atomic E-state index is -0.578. The molecule has 0 saturated heterocycles. The number of carbonyl (C=O) groups is 2. The second kappa shape index (κ2) is 9.73. The highest BCUT2D eigenvalue weighted by Gasteiger charge is 2.42. The molecule has 170 valence electrons. The number of rotatable bonds is 7.